The number of hydrogen-bond acceptors (Lipinski definition) is 2. The van der Waals surface area contributed by atoms with Crippen LogP contribution in [0.2, 0.25) is 0 Å². The lowest BCUT2D eigenvalue weighted by Crippen LogP contribution is -2.40. The second kappa shape index (κ2) is 5.81. The number of aliphatic hydroxyl groups is 2. The Hall–Kier alpha value is -0.340. The van der Waals surface area contributed by atoms with Gasteiger partial charge in [0.05, 0.1) is 11.7 Å². The smallest absolute Gasteiger partial charge is 0.0594 e. The molecule has 116 valence electrons. The lowest BCUT2D eigenvalue weighted by molar-refractivity contribution is -0.0110. The number of hydrogen-bond donors (Lipinski definition) is 2. The molecule has 0 spiro atoms. The first-order valence-electron chi connectivity index (χ1n) is 8.31. The SMILES string of the molecule is C/C(=C/CCC(C)(C)O)[C@H]1CC[C@H]2[C@@H](O)CCC[C@]12C. The van der Waals surface area contributed by atoms with Gasteiger partial charge in [-0.15, -0.1) is 0 Å². The van der Waals surface area contributed by atoms with Gasteiger partial charge in [0.2, 0.25) is 0 Å². The fourth-order valence-electron chi connectivity index (χ4n) is 4.69. The summed E-state index contributed by atoms with van der Waals surface area (Å²) in [7, 11) is 0. The third-order valence-corrected chi connectivity index (χ3v) is 5.86. The monoisotopic (exact) mass is 280 g/mol. The Morgan fingerprint density at radius 2 is 2.00 bits per heavy atom. The summed E-state index contributed by atoms with van der Waals surface area (Å²) in [5, 5.41) is 20.1. The van der Waals surface area contributed by atoms with Crippen molar-refractivity contribution >= 4 is 0 Å². The maximum Gasteiger partial charge on any atom is 0.0594 e. The second-order valence-electron chi connectivity index (χ2n) is 8.00. The summed E-state index contributed by atoms with van der Waals surface area (Å²) >= 11 is 0. The van der Waals surface area contributed by atoms with Crippen molar-refractivity contribution in [3.63, 3.8) is 0 Å². The Morgan fingerprint density at radius 1 is 1.30 bits per heavy atom. The van der Waals surface area contributed by atoms with E-state index < -0.39 is 5.60 Å². The minimum absolute atomic E-state index is 0.0806. The van der Waals surface area contributed by atoms with Crippen LogP contribution in [-0.4, -0.2) is 21.9 Å². The summed E-state index contributed by atoms with van der Waals surface area (Å²) in [6.45, 7) is 8.40. The Kier molecular flexibility index (Phi) is 4.66. The van der Waals surface area contributed by atoms with Gasteiger partial charge in [-0.3, -0.25) is 0 Å². The van der Waals surface area contributed by atoms with Gasteiger partial charge < -0.3 is 10.2 Å². The lowest BCUT2D eigenvalue weighted by Gasteiger charge is -2.43. The molecule has 2 N–H and O–H groups in total. The highest BCUT2D eigenvalue weighted by atomic mass is 16.3. The van der Waals surface area contributed by atoms with Gasteiger partial charge in [0.25, 0.3) is 0 Å². The van der Waals surface area contributed by atoms with Gasteiger partial charge in [0, 0.05) is 0 Å². The standard InChI is InChI=1S/C18H32O2/c1-13(7-5-11-17(2,3)20)14-9-10-15-16(19)8-6-12-18(14,15)4/h7,14-16,19-20H,5-6,8-12H2,1-4H3/b13-7-/t14-,15+,16+,18-/m1/s1. The van der Waals surface area contributed by atoms with Gasteiger partial charge in [0.1, 0.15) is 0 Å². The minimum atomic E-state index is -0.570. The topological polar surface area (TPSA) is 40.5 Å². The Morgan fingerprint density at radius 3 is 2.65 bits per heavy atom. The molecular formula is C18H32O2. The summed E-state index contributed by atoms with van der Waals surface area (Å²) in [5.41, 5.74) is 1.21. The zero-order valence-corrected chi connectivity index (χ0v) is 13.7. The summed E-state index contributed by atoms with van der Waals surface area (Å²) in [6, 6.07) is 0. The maximum atomic E-state index is 10.3. The summed E-state index contributed by atoms with van der Waals surface area (Å²) in [4.78, 5) is 0. The van der Waals surface area contributed by atoms with Crippen LogP contribution in [-0.2, 0) is 0 Å². The van der Waals surface area contributed by atoms with Crippen molar-refractivity contribution in [2.75, 3.05) is 0 Å². The van der Waals surface area contributed by atoms with E-state index in [2.05, 4.69) is 19.9 Å². The van der Waals surface area contributed by atoms with Crippen molar-refractivity contribution in [2.24, 2.45) is 17.3 Å². The Labute approximate surface area is 124 Å². The van der Waals surface area contributed by atoms with E-state index in [0.29, 0.717) is 17.3 Å². The first-order valence-corrected chi connectivity index (χ1v) is 8.31. The normalized spacial score (nSPS) is 38.9. The summed E-state index contributed by atoms with van der Waals surface area (Å²) < 4.78 is 0. The minimum Gasteiger partial charge on any atom is -0.393 e. The van der Waals surface area contributed by atoms with Crippen LogP contribution in [0.25, 0.3) is 0 Å². The molecule has 4 atom stereocenters. The Balaban J connectivity index is 2.03. The molecule has 0 bridgehead atoms. The van der Waals surface area contributed by atoms with Crippen LogP contribution >= 0.6 is 0 Å². The molecule has 2 aliphatic carbocycles. The highest BCUT2D eigenvalue weighted by Gasteiger charge is 2.51. The van der Waals surface area contributed by atoms with E-state index in [-0.39, 0.29) is 6.10 Å². The van der Waals surface area contributed by atoms with Crippen molar-refractivity contribution in [1.82, 2.24) is 0 Å². The summed E-state index contributed by atoms with van der Waals surface area (Å²) in [6.07, 6.45) is 9.85. The van der Waals surface area contributed by atoms with Gasteiger partial charge in [-0.2, -0.15) is 0 Å². The highest BCUT2D eigenvalue weighted by molar-refractivity contribution is 5.15. The first-order chi connectivity index (χ1) is 9.24. The molecule has 2 heteroatoms. The van der Waals surface area contributed by atoms with Gasteiger partial charge in [-0.1, -0.05) is 25.0 Å². The average Bonchev–Trinajstić information content (AvgIpc) is 2.66. The fraction of sp³-hybridized carbons (Fsp3) is 0.889. The zero-order chi connectivity index (χ0) is 15.0. The molecular weight excluding hydrogens is 248 g/mol. The third kappa shape index (κ3) is 3.28. The van der Waals surface area contributed by atoms with Crippen LogP contribution in [0.5, 0.6) is 0 Å². The van der Waals surface area contributed by atoms with Gasteiger partial charge >= 0.3 is 0 Å². The van der Waals surface area contributed by atoms with Gasteiger partial charge in [0.15, 0.2) is 0 Å². The van der Waals surface area contributed by atoms with Crippen LogP contribution in [0.15, 0.2) is 11.6 Å². The van der Waals surface area contributed by atoms with E-state index in [1.807, 2.05) is 13.8 Å². The first kappa shape index (κ1) is 16.0. The van der Waals surface area contributed by atoms with E-state index in [4.69, 9.17) is 0 Å². The molecule has 2 nitrogen and oxygen atoms in total. The molecule has 0 amide bonds. The maximum absolute atomic E-state index is 10.3. The lowest BCUT2D eigenvalue weighted by atomic mass is 9.63. The quantitative estimate of drug-likeness (QED) is 0.762. The van der Waals surface area contributed by atoms with E-state index in [9.17, 15) is 10.2 Å². The second-order valence-corrected chi connectivity index (χ2v) is 8.00. The Bertz CT molecular complexity index is 366. The van der Waals surface area contributed by atoms with E-state index in [1.165, 1.54) is 31.3 Å². The molecule has 20 heavy (non-hydrogen) atoms. The van der Waals surface area contributed by atoms with Crippen molar-refractivity contribution in [1.29, 1.82) is 0 Å². The molecule has 0 radical (unpaired) electrons. The van der Waals surface area contributed by atoms with Gasteiger partial charge in [-0.25, -0.2) is 0 Å². The predicted octanol–water partition coefficient (Wildman–Crippen LogP) is 4.06. The van der Waals surface area contributed by atoms with Crippen molar-refractivity contribution in [3.8, 4) is 0 Å². The van der Waals surface area contributed by atoms with Crippen molar-refractivity contribution in [2.45, 2.75) is 84.3 Å². The largest absolute Gasteiger partial charge is 0.393 e. The van der Waals surface area contributed by atoms with E-state index >= 15 is 0 Å². The molecule has 0 heterocycles. The number of fused-ring (bicyclic) bond motifs is 1. The number of aliphatic hydroxyl groups excluding tert-OH is 1. The molecule has 0 aromatic heterocycles. The molecule has 2 fully saturated rings. The van der Waals surface area contributed by atoms with Crippen LogP contribution < -0.4 is 0 Å². The highest BCUT2D eigenvalue weighted by Crippen LogP contribution is 2.57. The summed E-state index contributed by atoms with van der Waals surface area (Å²) in [5.74, 6) is 1.13. The van der Waals surface area contributed by atoms with Crippen molar-refractivity contribution < 1.29 is 10.2 Å². The predicted molar refractivity (Wildman–Crippen MR) is 83.5 cm³/mol. The van der Waals surface area contributed by atoms with Gasteiger partial charge in [-0.05, 0) is 76.5 Å². The third-order valence-electron chi connectivity index (χ3n) is 5.86. The molecule has 2 aliphatic rings. The number of rotatable bonds is 4. The van der Waals surface area contributed by atoms with Crippen molar-refractivity contribution in [3.05, 3.63) is 11.6 Å². The molecule has 2 rings (SSSR count). The molecule has 0 aromatic rings. The molecule has 0 unspecified atom stereocenters. The van der Waals surface area contributed by atoms with E-state index in [0.717, 1.165) is 19.3 Å². The van der Waals surface area contributed by atoms with Crippen LogP contribution in [0.4, 0.5) is 0 Å². The number of allylic oxidation sites excluding steroid dienone is 2. The zero-order valence-electron chi connectivity index (χ0n) is 13.7. The van der Waals surface area contributed by atoms with Crippen LogP contribution in [0.3, 0.4) is 0 Å². The van der Waals surface area contributed by atoms with Crippen LogP contribution in [0.1, 0.15) is 72.6 Å². The van der Waals surface area contributed by atoms with E-state index in [1.54, 1.807) is 0 Å². The molecule has 2 saturated carbocycles. The molecule has 0 aliphatic heterocycles. The molecule has 0 saturated heterocycles. The average molecular weight is 280 g/mol. The fourth-order valence-corrected chi connectivity index (χ4v) is 4.69. The van der Waals surface area contributed by atoms with Crippen LogP contribution in [0, 0.1) is 17.3 Å². The molecule has 0 aromatic carbocycles.